The number of carbonyl (C=O) groups is 1. The second kappa shape index (κ2) is 9.08. The highest BCUT2D eigenvalue weighted by Gasteiger charge is 2.27. The van der Waals surface area contributed by atoms with Crippen LogP contribution < -0.4 is 5.19 Å². The zero-order valence-electron chi connectivity index (χ0n) is 16.3. The smallest absolute Gasteiger partial charge is 0.243 e. The number of hydrogen-bond acceptors (Lipinski definition) is 5. The van der Waals surface area contributed by atoms with Crippen LogP contribution in [0.2, 0.25) is 0 Å². The molecule has 1 aromatic carbocycles. The standard InChI is InChI=1S/C20H26N2O4SSi/c1-15(26-14-19(23)18-7-3-4-10-21-18)17-13-16(8-9-20(17)28)27(24,25)22-11-5-2-6-12-22/h3-4,7-10,13,15H,2,5-6,11-12,14H2,1,28H3. The average Bonchev–Trinajstić information content (AvgIpc) is 2.73. The molecule has 1 aromatic heterocycles. The minimum absolute atomic E-state index is 0.0950. The normalized spacial score (nSPS) is 16.8. The Morgan fingerprint density at radius 1 is 1.21 bits per heavy atom. The van der Waals surface area contributed by atoms with Gasteiger partial charge < -0.3 is 4.74 Å². The minimum atomic E-state index is -3.49. The summed E-state index contributed by atoms with van der Waals surface area (Å²) in [6.45, 7) is 2.90. The Morgan fingerprint density at radius 3 is 2.64 bits per heavy atom. The molecule has 1 aliphatic rings. The SMILES string of the molecule is CC(OCC(=O)c1ccccn1)c1cc(S(=O)(=O)N2CCCCC2)ccc1[SiH3]. The molecule has 3 rings (SSSR count). The van der Waals surface area contributed by atoms with Gasteiger partial charge in [0.15, 0.2) is 0 Å². The van der Waals surface area contributed by atoms with Crippen LogP contribution in [0.3, 0.4) is 0 Å². The molecule has 1 unspecified atom stereocenters. The highest BCUT2D eigenvalue weighted by molar-refractivity contribution is 7.89. The molecular weight excluding hydrogens is 392 g/mol. The van der Waals surface area contributed by atoms with E-state index in [0.717, 1.165) is 40.3 Å². The first-order chi connectivity index (χ1) is 13.4. The van der Waals surface area contributed by atoms with Crippen molar-refractivity contribution in [3.05, 3.63) is 53.9 Å². The lowest BCUT2D eigenvalue weighted by Gasteiger charge is -2.26. The molecule has 1 atom stereocenters. The number of piperidine rings is 1. The Hall–Kier alpha value is -1.87. The molecule has 8 heteroatoms. The van der Waals surface area contributed by atoms with E-state index in [1.54, 1.807) is 40.8 Å². The van der Waals surface area contributed by atoms with Gasteiger partial charge in [-0.2, -0.15) is 4.31 Å². The van der Waals surface area contributed by atoms with Crippen LogP contribution in [-0.4, -0.2) is 53.4 Å². The van der Waals surface area contributed by atoms with Gasteiger partial charge in [0, 0.05) is 29.5 Å². The molecule has 28 heavy (non-hydrogen) atoms. The number of rotatable bonds is 7. The van der Waals surface area contributed by atoms with E-state index in [4.69, 9.17) is 4.74 Å². The number of pyridine rings is 1. The minimum Gasteiger partial charge on any atom is -0.366 e. The van der Waals surface area contributed by atoms with Gasteiger partial charge >= 0.3 is 0 Å². The zero-order valence-corrected chi connectivity index (χ0v) is 19.1. The van der Waals surface area contributed by atoms with Crippen LogP contribution in [-0.2, 0) is 14.8 Å². The lowest BCUT2D eigenvalue weighted by Crippen LogP contribution is -2.36. The molecule has 2 aromatic rings. The van der Waals surface area contributed by atoms with E-state index in [2.05, 4.69) is 4.98 Å². The van der Waals surface area contributed by atoms with Gasteiger partial charge in [0.1, 0.15) is 12.3 Å². The van der Waals surface area contributed by atoms with E-state index < -0.39 is 10.0 Å². The second-order valence-corrected chi connectivity index (χ2v) is 10.1. The van der Waals surface area contributed by atoms with Crippen molar-refractivity contribution in [2.75, 3.05) is 19.7 Å². The fourth-order valence-electron chi connectivity index (χ4n) is 3.36. The van der Waals surface area contributed by atoms with E-state index in [0.29, 0.717) is 23.7 Å². The molecule has 2 heterocycles. The molecule has 0 N–H and O–H groups in total. The quantitative estimate of drug-likeness (QED) is 0.499. The maximum Gasteiger partial charge on any atom is 0.243 e. The molecule has 150 valence electrons. The average molecular weight is 419 g/mol. The van der Waals surface area contributed by atoms with Crippen molar-refractivity contribution in [1.29, 1.82) is 0 Å². The molecule has 0 aliphatic carbocycles. The van der Waals surface area contributed by atoms with Crippen LogP contribution in [0, 0.1) is 0 Å². The Balaban J connectivity index is 1.74. The highest BCUT2D eigenvalue weighted by Crippen LogP contribution is 2.23. The van der Waals surface area contributed by atoms with Crippen LogP contribution >= 0.6 is 0 Å². The van der Waals surface area contributed by atoms with E-state index >= 15 is 0 Å². The highest BCUT2D eigenvalue weighted by atomic mass is 32.2. The van der Waals surface area contributed by atoms with Crippen LogP contribution in [0.25, 0.3) is 0 Å². The van der Waals surface area contributed by atoms with E-state index in [9.17, 15) is 13.2 Å². The fraction of sp³-hybridized carbons (Fsp3) is 0.400. The molecule has 0 radical (unpaired) electrons. The number of nitrogens with zero attached hydrogens (tertiary/aromatic N) is 2. The van der Waals surface area contributed by atoms with Crippen molar-refractivity contribution in [3.63, 3.8) is 0 Å². The van der Waals surface area contributed by atoms with Crippen LogP contribution in [0.1, 0.15) is 48.3 Å². The van der Waals surface area contributed by atoms with E-state index in [1.165, 1.54) is 0 Å². The van der Waals surface area contributed by atoms with Gasteiger partial charge in [-0.25, -0.2) is 8.42 Å². The molecule has 6 nitrogen and oxygen atoms in total. The second-order valence-electron chi connectivity index (χ2n) is 7.07. The molecule has 0 spiro atoms. The Morgan fingerprint density at radius 2 is 1.96 bits per heavy atom. The van der Waals surface area contributed by atoms with Crippen LogP contribution in [0.15, 0.2) is 47.5 Å². The molecule has 0 bridgehead atoms. The maximum absolute atomic E-state index is 13.0. The van der Waals surface area contributed by atoms with Gasteiger partial charge in [0.05, 0.1) is 11.0 Å². The summed E-state index contributed by atoms with van der Waals surface area (Å²) in [6.07, 6.45) is 4.07. The van der Waals surface area contributed by atoms with Gasteiger partial charge in [0.25, 0.3) is 0 Å². The van der Waals surface area contributed by atoms with E-state index in [-0.39, 0.29) is 18.5 Å². The van der Waals surface area contributed by atoms with Crippen molar-refractivity contribution in [2.24, 2.45) is 0 Å². The summed E-state index contributed by atoms with van der Waals surface area (Å²) < 4.78 is 33.2. The fourth-order valence-corrected chi connectivity index (χ4v) is 5.63. The summed E-state index contributed by atoms with van der Waals surface area (Å²) in [4.78, 5) is 16.6. The van der Waals surface area contributed by atoms with Crippen molar-refractivity contribution < 1.29 is 17.9 Å². The third-order valence-electron chi connectivity index (χ3n) is 5.06. The molecular formula is C20H26N2O4SSi. The topological polar surface area (TPSA) is 76.6 Å². The molecule has 0 amide bonds. The first-order valence-corrected chi connectivity index (χ1v) is 12.0. The Labute approximate surface area is 169 Å². The molecule has 1 saturated heterocycles. The summed E-state index contributed by atoms with van der Waals surface area (Å²) in [5.74, 6) is -0.195. The lowest BCUT2D eigenvalue weighted by molar-refractivity contribution is 0.0519. The van der Waals surface area contributed by atoms with Crippen LogP contribution in [0.5, 0.6) is 0 Å². The predicted molar refractivity (Wildman–Crippen MR) is 112 cm³/mol. The largest absolute Gasteiger partial charge is 0.366 e. The van der Waals surface area contributed by atoms with Crippen molar-refractivity contribution >= 4 is 31.2 Å². The number of aromatic nitrogens is 1. The van der Waals surface area contributed by atoms with Gasteiger partial charge in [-0.05, 0) is 49.6 Å². The Bertz CT molecular complexity index is 928. The third-order valence-corrected chi connectivity index (χ3v) is 7.86. The first kappa shape index (κ1) is 20.9. The van der Waals surface area contributed by atoms with Gasteiger partial charge in [-0.1, -0.05) is 23.7 Å². The van der Waals surface area contributed by atoms with Gasteiger partial charge in [-0.3, -0.25) is 9.78 Å². The first-order valence-electron chi connectivity index (χ1n) is 9.56. The number of Topliss-reactive ketones (excluding diaryl/α,β-unsaturated/α-hetero) is 1. The number of ether oxygens (including phenoxy) is 1. The number of ketones is 1. The predicted octanol–water partition coefficient (Wildman–Crippen LogP) is 1.21. The van der Waals surface area contributed by atoms with Gasteiger partial charge in [0.2, 0.25) is 15.8 Å². The van der Waals surface area contributed by atoms with E-state index in [1.807, 2.05) is 13.0 Å². The Kier molecular flexibility index (Phi) is 6.76. The van der Waals surface area contributed by atoms with Crippen molar-refractivity contribution in [1.82, 2.24) is 9.29 Å². The van der Waals surface area contributed by atoms with Gasteiger partial charge in [-0.15, -0.1) is 0 Å². The summed E-state index contributed by atoms with van der Waals surface area (Å²) in [6, 6.07) is 10.4. The molecule has 1 fully saturated rings. The summed E-state index contributed by atoms with van der Waals surface area (Å²) >= 11 is 0. The summed E-state index contributed by atoms with van der Waals surface area (Å²) in [5, 5.41) is 1.07. The van der Waals surface area contributed by atoms with Crippen molar-refractivity contribution in [2.45, 2.75) is 37.2 Å². The monoisotopic (exact) mass is 418 g/mol. The number of benzene rings is 1. The zero-order chi connectivity index (χ0) is 20.1. The number of carbonyl (C=O) groups excluding carboxylic acids is 1. The van der Waals surface area contributed by atoms with Crippen molar-refractivity contribution in [3.8, 4) is 0 Å². The van der Waals surface area contributed by atoms with Crippen LogP contribution in [0.4, 0.5) is 0 Å². The summed E-state index contributed by atoms with van der Waals surface area (Å²) in [5.41, 5.74) is 1.20. The third kappa shape index (κ3) is 4.75. The number of sulfonamides is 1. The molecule has 1 aliphatic heterocycles. The molecule has 0 saturated carbocycles. The maximum atomic E-state index is 13.0. The summed E-state index contributed by atoms with van der Waals surface area (Å²) in [7, 11) is -2.73. The lowest BCUT2D eigenvalue weighted by atomic mass is 10.1. The number of hydrogen-bond donors (Lipinski definition) is 0.